The summed E-state index contributed by atoms with van der Waals surface area (Å²) in [5, 5.41) is 10.3. The smallest absolute Gasteiger partial charge is 0.306 e. The number of ether oxygens (including phenoxy) is 2. The molecular formula is C20H32O5. The molecule has 1 saturated carbocycles. The van der Waals surface area contributed by atoms with Crippen molar-refractivity contribution in [1.29, 1.82) is 0 Å². The number of carbonyl (C=O) groups is 2. The third kappa shape index (κ3) is 6.40. The van der Waals surface area contributed by atoms with E-state index in [4.69, 9.17) is 9.47 Å². The Bertz CT molecular complexity index is 530. The molecule has 1 N–H and O–H groups in total. The highest BCUT2D eigenvalue weighted by Gasteiger charge is 2.47. The minimum Gasteiger partial charge on any atom is -0.469 e. The molecule has 1 rings (SSSR count). The summed E-state index contributed by atoms with van der Waals surface area (Å²) in [5.41, 5.74) is 1.56. The Labute approximate surface area is 151 Å². The molecule has 0 saturated heterocycles. The van der Waals surface area contributed by atoms with Gasteiger partial charge in [-0.15, -0.1) is 0 Å². The maximum absolute atomic E-state index is 12.8. The molecule has 1 aliphatic carbocycles. The van der Waals surface area contributed by atoms with Crippen molar-refractivity contribution in [2.24, 2.45) is 5.41 Å². The molecule has 0 amide bonds. The summed E-state index contributed by atoms with van der Waals surface area (Å²) in [7, 11) is 2.81. The standard InChI is InChI=1S/C20H32O5/c1-14(2)7-6-8-15(3)9-10-20(13-19(23)25-5)12-16(21)17(24-4)11-18(20)22/h7,9,16-17,21H,6,8,10-13H2,1-5H3/b15-9+/t16-,17+,20+/m0/s1. The fraction of sp³-hybridized carbons (Fsp3) is 0.700. The first kappa shape index (κ1) is 21.6. The van der Waals surface area contributed by atoms with E-state index in [1.807, 2.05) is 13.0 Å². The Morgan fingerprint density at radius 2 is 1.96 bits per heavy atom. The molecule has 3 atom stereocenters. The van der Waals surface area contributed by atoms with Crippen LogP contribution in [0.25, 0.3) is 0 Å². The Morgan fingerprint density at radius 3 is 2.52 bits per heavy atom. The molecule has 5 heteroatoms. The second kappa shape index (κ2) is 9.88. The number of allylic oxidation sites excluding steroid dienone is 4. The van der Waals surface area contributed by atoms with Gasteiger partial charge in [0.2, 0.25) is 0 Å². The summed E-state index contributed by atoms with van der Waals surface area (Å²) in [4.78, 5) is 24.6. The lowest BCUT2D eigenvalue weighted by molar-refractivity contribution is -0.156. The Balaban J connectivity index is 2.91. The zero-order valence-corrected chi connectivity index (χ0v) is 16.1. The Morgan fingerprint density at radius 1 is 1.28 bits per heavy atom. The van der Waals surface area contributed by atoms with Crippen LogP contribution in [0.4, 0.5) is 0 Å². The summed E-state index contributed by atoms with van der Waals surface area (Å²) in [6.07, 6.45) is 5.60. The Kier molecular flexibility index (Phi) is 8.53. The van der Waals surface area contributed by atoms with Crippen LogP contribution in [0.15, 0.2) is 23.3 Å². The first-order valence-corrected chi connectivity index (χ1v) is 8.84. The van der Waals surface area contributed by atoms with Crippen LogP contribution < -0.4 is 0 Å². The molecule has 1 aliphatic rings. The predicted octanol–water partition coefficient (Wildman–Crippen LogP) is 3.36. The van der Waals surface area contributed by atoms with E-state index in [2.05, 4.69) is 19.9 Å². The lowest BCUT2D eigenvalue weighted by Gasteiger charge is -2.40. The van der Waals surface area contributed by atoms with Gasteiger partial charge in [-0.3, -0.25) is 9.59 Å². The number of ketones is 1. The van der Waals surface area contributed by atoms with Gasteiger partial charge in [-0.25, -0.2) is 0 Å². The molecule has 0 spiro atoms. The van der Waals surface area contributed by atoms with Gasteiger partial charge >= 0.3 is 5.97 Å². The van der Waals surface area contributed by atoms with Gasteiger partial charge in [-0.1, -0.05) is 23.3 Å². The third-order valence-corrected chi connectivity index (χ3v) is 4.95. The van der Waals surface area contributed by atoms with E-state index in [0.717, 1.165) is 12.8 Å². The lowest BCUT2D eigenvalue weighted by Crippen LogP contribution is -2.48. The number of methoxy groups -OCH3 is 2. The van der Waals surface area contributed by atoms with Crippen LogP contribution in [-0.4, -0.2) is 43.3 Å². The number of rotatable bonds is 8. The largest absolute Gasteiger partial charge is 0.469 e. The van der Waals surface area contributed by atoms with Crippen LogP contribution >= 0.6 is 0 Å². The maximum atomic E-state index is 12.8. The number of aliphatic hydroxyl groups is 1. The highest BCUT2D eigenvalue weighted by Crippen LogP contribution is 2.41. The quantitative estimate of drug-likeness (QED) is 0.536. The van der Waals surface area contributed by atoms with E-state index in [-0.39, 0.29) is 25.0 Å². The van der Waals surface area contributed by atoms with Gasteiger partial charge < -0.3 is 14.6 Å². The fourth-order valence-corrected chi connectivity index (χ4v) is 3.27. The molecule has 0 heterocycles. The first-order chi connectivity index (χ1) is 11.7. The van der Waals surface area contributed by atoms with Crippen LogP contribution in [0, 0.1) is 5.41 Å². The number of aliphatic hydroxyl groups excluding tert-OH is 1. The summed E-state index contributed by atoms with van der Waals surface area (Å²) in [6.45, 7) is 6.17. The molecule has 0 aliphatic heterocycles. The zero-order chi connectivity index (χ0) is 19.0. The van der Waals surface area contributed by atoms with Gasteiger partial charge in [0.25, 0.3) is 0 Å². The van der Waals surface area contributed by atoms with Crippen molar-refractivity contribution in [3.8, 4) is 0 Å². The minimum atomic E-state index is -0.903. The highest BCUT2D eigenvalue weighted by atomic mass is 16.5. The second-order valence-electron chi connectivity index (χ2n) is 7.28. The van der Waals surface area contributed by atoms with Crippen molar-refractivity contribution in [2.45, 2.75) is 71.5 Å². The topological polar surface area (TPSA) is 72.8 Å². The lowest BCUT2D eigenvalue weighted by atomic mass is 9.66. The number of esters is 1. The predicted molar refractivity (Wildman–Crippen MR) is 97.1 cm³/mol. The van der Waals surface area contributed by atoms with Crippen molar-refractivity contribution in [3.63, 3.8) is 0 Å². The summed E-state index contributed by atoms with van der Waals surface area (Å²) < 4.78 is 9.97. The molecule has 1 fully saturated rings. The number of carbonyl (C=O) groups excluding carboxylic acids is 2. The fourth-order valence-electron chi connectivity index (χ4n) is 3.27. The molecule has 0 aromatic carbocycles. The number of hydrogen-bond donors (Lipinski definition) is 1. The summed E-state index contributed by atoms with van der Waals surface area (Å²) in [5.74, 6) is -0.463. The summed E-state index contributed by atoms with van der Waals surface area (Å²) >= 11 is 0. The van der Waals surface area contributed by atoms with E-state index in [1.54, 1.807) is 0 Å². The van der Waals surface area contributed by atoms with Crippen LogP contribution in [0.2, 0.25) is 0 Å². The normalized spacial score (nSPS) is 27.1. The van der Waals surface area contributed by atoms with Gasteiger partial charge in [-0.2, -0.15) is 0 Å². The van der Waals surface area contributed by atoms with Crippen LogP contribution in [0.5, 0.6) is 0 Å². The molecule has 142 valence electrons. The average molecular weight is 352 g/mol. The highest BCUT2D eigenvalue weighted by molar-refractivity contribution is 5.90. The van der Waals surface area contributed by atoms with Crippen LogP contribution in [0.3, 0.4) is 0 Å². The van der Waals surface area contributed by atoms with E-state index < -0.39 is 23.6 Å². The molecule has 25 heavy (non-hydrogen) atoms. The first-order valence-electron chi connectivity index (χ1n) is 8.84. The molecule has 0 bridgehead atoms. The number of Topliss-reactive ketones (excluding diaryl/α,β-unsaturated/α-hetero) is 1. The van der Waals surface area contributed by atoms with Gasteiger partial charge in [0, 0.05) is 18.9 Å². The molecular weight excluding hydrogens is 320 g/mol. The van der Waals surface area contributed by atoms with E-state index >= 15 is 0 Å². The van der Waals surface area contributed by atoms with E-state index in [1.165, 1.54) is 25.4 Å². The molecule has 0 unspecified atom stereocenters. The van der Waals surface area contributed by atoms with Crippen LogP contribution in [-0.2, 0) is 19.1 Å². The third-order valence-electron chi connectivity index (χ3n) is 4.95. The van der Waals surface area contributed by atoms with Gasteiger partial charge in [-0.05, 0) is 46.5 Å². The molecule has 5 nitrogen and oxygen atoms in total. The Hall–Kier alpha value is -1.46. The maximum Gasteiger partial charge on any atom is 0.306 e. The van der Waals surface area contributed by atoms with E-state index in [9.17, 15) is 14.7 Å². The average Bonchev–Trinajstić information content (AvgIpc) is 2.55. The van der Waals surface area contributed by atoms with Gasteiger partial charge in [0.05, 0.1) is 25.7 Å². The molecule has 0 aromatic rings. The van der Waals surface area contributed by atoms with Crippen molar-refractivity contribution >= 4 is 11.8 Å². The van der Waals surface area contributed by atoms with E-state index in [0.29, 0.717) is 6.42 Å². The molecule has 0 radical (unpaired) electrons. The van der Waals surface area contributed by atoms with Crippen molar-refractivity contribution < 1.29 is 24.2 Å². The SMILES string of the molecule is COC(=O)C[C@@]1(C/C=C(\C)CCC=C(C)C)C[C@H](O)[C@H](OC)CC1=O. The zero-order valence-electron chi connectivity index (χ0n) is 16.1. The summed E-state index contributed by atoms with van der Waals surface area (Å²) in [6, 6.07) is 0. The van der Waals surface area contributed by atoms with Crippen molar-refractivity contribution in [3.05, 3.63) is 23.3 Å². The van der Waals surface area contributed by atoms with Crippen molar-refractivity contribution in [1.82, 2.24) is 0 Å². The minimum absolute atomic E-state index is 0.00637. The van der Waals surface area contributed by atoms with Gasteiger partial charge in [0.15, 0.2) is 0 Å². The monoisotopic (exact) mass is 352 g/mol. The van der Waals surface area contributed by atoms with Crippen molar-refractivity contribution in [2.75, 3.05) is 14.2 Å². The van der Waals surface area contributed by atoms with Crippen LogP contribution in [0.1, 0.15) is 59.3 Å². The second-order valence-corrected chi connectivity index (χ2v) is 7.28. The molecule has 0 aromatic heterocycles. The number of hydrogen-bond acceptors (Lipinski definition) is 5. The van der Waals surface area contributed by atoms with Gasteiger partial charge in [0.1, 0.15) is 5.78 Å².